The second kappa shape index (κ2) is 10.9. The number of amides is 3. The minimum Gasteiger partial charge on any atom is -0.391 e. The molecule has 2 heterocycles. The van der Waals surface area contributed by atoms with Gasteiger partial charge < -0.3 is 21.1 Å². The predicted octanol–water partition coefficient (Wildman–Crippen LogP) is 1.47. The molecule has 4 N–H and O–H groups in total. The molecule has 3 aromatic rings. The highest BCUT2D eigenvalue weighted by atomic mass is 16.3. The van der Waals surface area contributed by atoms with E-state index in [1.165, 1.54) is 4.90 Å². The summed E-state index contributed by atoms with van der Waals surface area (Å²) in [5.74, 6) is -1.50. The van der Waals surface area contributed by atoms with Gasteiger partial charge in [0.2, 0.25) is 17.7 Å². The van der Waals surface area contributed by atoms with Crippen molar-refractivity contribution in [3.8, 4) is 11.1 Å². The van der Waals surface area contributed by atoms with Gasteiger partial charge >= 0.3 is 0 Å². The van der Waals surface area contributed by atoms with Crippen LogP contribution in [0.2, 0.25) is 0 Å². The zero-order chi connectivity index (χ0) is 24.8. The van der Waals surface area contributed by atoms with Gasteiger partial charge in [0.05, 0.1) is 12.5 Å². The number of β-amino-alcohol motifs (C(OH)–C–C–N with tert-alkyl or cyclic N) is 1. The van der Waals surface area contributed by atoms with Crippen LogP contribution in [0.15, 0.2) is 79.0 Å². The minimum atomic E-state index is -0.949. The molecule has 1 aromatic heterocycles. The molecule has 8 heteroatoms. The third-order valence-corrected chi connectivity index (χ3v) is 6.12. The van der Waals surface area contributed by atoms with Crippen LogP contribution in [0.1, 0.15) is 17.7 Å². The lowest BCUT2D eigenvalue weighted by atomic mass is 10.00. The summed E-state index contributed by atoms with van der Waals surface area (Å²) in [6.45, 7) is 0.0476. The van der Waals surface area contributed by atoms with E-state index in [4.69, 9.17) is 5.73 Å². The van der Waals surface area contributed by atoms with Gasteiger partial charge in [-0.15, -0.1) is 0 Å². The summed E-state index contributed by atoms with van der Waals surface area (Å²) in [5, 5.41) is 12.8. The van der Waals surface area contributed by atoms with Crippen LogP contribution in [0.25, 0.3) is 11.1 Å². The first-order valence-corrected chi connectivity index (χ1v) is 11.5. The van der Waals surface area contributed by atoms with Crippen LogP contribution in [0, 0.1) is 0 Å². The number of pyridine rings is 1. The van der Waals surface area contributed by atoms with Gasteiger partial charge in [0.15, 0.2) is 0 Å². The van der Waals surface area contributed by atoms with E-state index in [1.807, 2.05) is 54.6 Å². The third-order valence-electron chi connectivity index (χ3n) is 6.12. The summed E-state index contributed by atoms with van der Waals surface area (Å²) >= 11 is 0. The number of hydrogen-bond donors (Lipinski definition) is 3. The summed E-state index contributed by atoms with van der Waals surface area (Å²) in [7, 11) is 0. The van der Waals surface area contributed by atoms with Crippen molar-refractivity contribution < 1.29 is 19.5 Å². The highest BCUT2D eigenvalue weighted by Crippen LogP contribution is 2.21. The molecule has 0 bridgehead atoms. The van der Waals surface area contributed by atoms with Crippen LogP contribution < -0.4 is 11.1 Å². The number of nitrogens with one attached hydrogen (secondary N) is 1. The molecular weight excluding hydrogens is 444 g/mol. The van der Waals surface area contributed by atoms with Crippen molar-refractivity contribution in [1.82, 2.24) is 15.2 Å². The average molecular weight is 473 g/mol. The number of benzene rings is 2. The Labute approximate surface area is 203 Å². The first kappa shape index (κ1) is 24.1. The Morgan fingerprint density at radius 2 is 1.69 bits per heavy atom. The van der Waals surface area contributed by atoms with E-state index in [0.29, 0.717) is 5.69 Å². The van der Waals surface area contributed by atoms with Gasteiger partial charge in [-0.1, -0.05) is 60.7 Å². The summed E-state index contributed by atoms with van der Waals surface area (Å²) in [6.07, 6.45) is 1.10. The Bertz CT molecular complexity index is 1170. The van der Waals surface area contributed by atoms with E-state index in [1.54, 1.807) is 24.4 Å². The molecule has 0 saturated carbocycles. The maximum atomic E-state index is 13.1. The second-order valence-corrected chi connectivity index (χ2v) is 8.68. The number of primary amides is 1. The molecule has 0 radical (unpaired) electrons. The number of aliphatic hydroxyl groups excluding tert-OH is 1. The van der Waals surface area contributed by atoms with Crippen LogP contribution in [-0.2, 0) is 27.2 Å². The van der Waals surface area contributed by atoms with Crippen LogP contribution in [-0.4, -0.2) is 57.4 Å². The fraction of sp³-hybridized carbons (Fsp3) is 0.259. The second-order valence-electron chi connectivity index (χ2n) is 8.68. The number of likely N-dealkylation sites (tertiary alicyclic amines) is 1. The molecule has 35 heavy (non-hydrogen) atoms. The number of hydrogen-bond acceptors (Lipinski definition) is 5. The number of carbonyl (C=O) groups is 3. The maximum Gasteiger partial charge on any atom is 0.243 e. The summed E-state index contributed by atoms with van der Waals surface area (Å²) in [6, 6.07) is 21.0. The van der Waals surface area contributed by atoms with E-state index in [9.17, 15) is 19.5 Å². The number of carbonyl (C=O) groups excluding carboxylic acids is 3. The fourth-order valence-electron chi connectivity index (χ4n) is 4.29. The maximum absolute atomic E-state index is 13.1. The molecule has 1 aliphatic heterocycles. The van der Waals surface area contributed by atoms with Crippen LogP contribution in [0.5, 0.6) is 0 Å². The Balaban J connectivity index is 1.42. The molecule has 3 atom stereocenters. The standard InChI is InChI=1S/C27H28N4O4/c28-26(34)23(14-18-9-11-20(12-10-18)19-6-2-1-3-7-19)30-27(35)24-16-22(32)17-31(24)25(33)15-21-8-4-5-13-29-21/h1-13,22-24,32H,14-17H2,(H2,28,34)(H,30,35)/t22-,23-,24+/m1/s1. The SMILES string of the molecule is NC(=O)[C@@H](Cc1ccc(-c2ccccc2)cc1)NC(=O)[C@@H]1C[C@@H](O)CN1C(=O)Cc1ccccn1. The lowest BCUT2D eigenvalue weighted by molar-refractivity contribution is -0.139. The molecule has 2 aromatic carbocycles. The van der Waals surface area contributed by atoms with Crippen molar-refractivity contribution in [2.24, 2.45) is 5.73 Å². The Hall–Kier alpha value is -4.04. The molecular formula is C27H28N4O4. The summed E-state index contributed by atoms with van der Waals surface area (Å²) in [5.41, 5.74) is 9.11. The first-order chi connectivity index (χ1) is 16.9. The average Bonchev–Trinajstić information content (AvgIpc) is 3.27. The monoisotopic (exact) mass is 472 g/mol. The lowest BCUT2D eigenvalue weighted by Crippen LogP contribution is -2.53. The topological polar surface area (TPSA) is 126 Å². The van der Waals surface area contributed by atoms with Gasteiger partial charge in [-0.25, -0.2) is 0 Å². The van der Waals surface area contributed by atoms with Gasteiger partial charge in [0.1, 0.15) is 12.1 Å². The molecule has 4 rings (SSSR count). The molecule has 8 nitrogen and oxygen atoms in total. The van der Waals surface area contributed by atoms with Gasteiger partial charge in [-0.05, 0) is 28.8 Å². The number of rotatable bonds is 8. The van der Waals surface area contributed by atoms with Crippen molar-refractivity contribution >= 4 is 17.7 Å². The number of nitrogens with zero attached hydrogens (tertiary/aromatic N) is 2. The van der Waals surface area contributed by atoms with Crippen molar-refractivity contribution in [3.05, 3.63) is 90.3 Å². The van der Waals surface area contributed by atoms with Crippen molar-refractivity contribution in [2.75, 3.05) is 6.54 Å². The fourth-order valence-corrected chi connectivity index (χ4v) is 4.29. The number of aliphatic hydroxyl groups is 1. The molecule has 1 aliphatic rings. The molecule has 1 fully saturated rings. The predicted molar refractivity (Wildman–Crippen MR) is 131 cm³/mol. The summed E-state index contributed by atoms with van der Waals surface area (Å²) in [4.78, 5) is 43.5. The van der Waals surface area contributed by atoms with E-state index in [2.05, 4.69) is 10.3 Å². The zero-order valence-corrected chi connectivity index (χ0v) is 19.2. The van der Waals surface area contributed by atoms with Crippen LogP contribution in [0.4, 0.5) is 0 Å². The Morgan fingerprint density at radius 1 is 1.00 bits per heavy atom. The minimum absolute atomic E-state index is 0.0182. The first-order valence-electron chi connectivity index (χ1n) is 11.5. The Morgan fingerprint density at radius 3 is 2.34 bits per heavy atom. The Kier molecular flexibility index (Phi) is 7.52. The van der Waals surface area contributed by atoms with Crippen LogP contribution in [0.3, 0.4) is 0 Å². The molecule has 180 valence electrons. The molecule has 0 unspecified atom stereocenters. The van der Waals surface area contributed by atoms with Crippen molar-refractivity contribution in [2.45, 2.75) is 37.5 Å². The van der Waals surface area contributed by atoms with Gasteiger partial charge in [-0.3, -0.25) is 19.4 Å². The molecule has 3 amide bonds. The highest BCUT2D eigenvalue weighted by Gasteiger charge is 2.39. The van der Waals surface area contributed by atoms with E-state index < -0.39 is 30.0 Å². The molecule has 0 aliphatic carbocycles. The highest BCUT2D eigenvalue weighted by molar-refractivity contribution is 5.92. The molecule has 1 saturated heterocycles. The molecule has 0 spiro atoms. The smallest absolute Gasteiger partial charge is 0.243 e. The lowest BCUT2D eigenvalue weighted by Gasteiger charge is -2.25. The normalized spacial score (nSPS) is 18.1. The third kappa shape index (κ3) is 6.10. The van der Waals surface area contributed by atoms with Crippen molar-refractivity contribution in [1.29, 1.82) is 0 Å². The largest absolute Gasteiger partial charge is 0.391 e. The quantitative estimate of drug-likeness (QED) is 0.458. The van der Waals surface area contributed by atoms with Gasteiger partial charge in [0.25, 0.3) is 0 Å². The zero-order valence-electron chi connectivity index (χ0n) is 19.2. The summed E-state index contributed by atoms with van der Waals surface area (Å²) < 4.78 is 0. The number of nitrogens with two attached hydrogens (primary N) is 1. The van der Waals surface area contributed by atoms with Crippen molar-refractivity contribution in [3.63, 3.8) is 0 Å². The van der Waals surface area contributed by atoms with E-state index >= 15 is 0 Å². The van der Waals surface area contributed by atoms with E-state index in [-0.39, 0.29) is 31.7 Å². The van der Waals surface area contributed by atoms with Gasteiger partial charge in [-0.2, -0.15) is 0 Å². The van der Waals surface area contributed by atoms with E-state index in [0.717, 1.165) is 16.7 Å². The number of aromatic nitrogens is 1. The van der Waals surface area contributed by atoms with Gasteiger partial charge in [0, 0.05) is 31.3 Å². The van der Waals surface area contributed by atoms with Crippen LogP contribution >= 0.6 is 0 Å².